The van der Waals surface area contributed by atoms with Crippen molar-refractivity contribution in [1.29, 1.82) is 0 Å². The summed E-state index contributed by atoms with van der Waals surface area (Å²) in [5, 5.41) is 0.348. The zero-order valence-corrected chi connectivity index (χ0v) is 23.4. The number of carbonyl (C=O) groups excluding carboxylic acids is 2. The topological polar surface area (TPSA) is 88.7 Å². The first-order valence-electron chi connectivity index (χ1n) is 12.2. The number of anilines is 1. The van der Waals surface area contributed by atoms with E-state index in [9.17, 15) is 14.4 Å². The van der Waals surface area contributed by atoms with Crippen LogP contribution >= 0.6 is 34.7 Å². The Bertz CT molecular complexity index is 1650. The van der Waals surface area contributed by atoms with Gasteiger partial charge in [-0.1, -0.05) is 59.0 Å². The number of halogens is 1. The molecule has 2 aliphatic rings. The molecule has 6 rings (SSSR count). The molecule has 2 amide bonds. The van der Waals surface area contributed by atoms with Gasteiger partial charge in [0.15, 0.2) is 0 Å². The van der Waals surface area contributed by atoms with Crippen LogP contribution in [0.5, 0.6) is 11.5 Å². The first kappa shape index (κ1) is 25.7. The molecule has 0 radical (unpaired) electrons. The van der Waals surface area contributed by atoms with Gasteiger partial charge < -0.3 is 14.5 Å². The van der Waals surface area contributed by atoms with Crippen molar-refractivity contribution in [3.63, 3.8) is 0 Å². The molecule has 0 spiro atoms. The Balaban J connectivity index is 1.44. The Hall–Kier alpha value is -3.53. The number of aromatic amines is 1. The highest BCUT2D eigenvalue weighted by Crippen LogP contribution is 2.54. The average molecular weight is 579 g/mol. The Morgan fingerprint density at radius 3 is 2.51 bits per heavy atom. The van der Waals surface area contributed by atoms with E-state index in [2.05, 4.69) is 4.98 Å². The number of ether oxygens (including phenoxy) is 2. The van der Waals surface area contributed by atoms with Crippen LogP contribution in [-0.2, 0) is 16.2 Å². The maximum Gasteiger partial charge on any atom is 0.305 e. The van der Waals surface area contributed by atoms with Crippen molar-refractivity contribution in [3.05, 3.63) is 103 Å². The fourth-order valence-corrected chi connectivity index (χ4v) is 7.85. The number of carbonyl (C=O) groups is 2. The number of thiazole rings is 1. The van der Waals surface area contributed by atoms with Gasteiger partial charge in [-0.05, 0) is 60.5 Å². The van der Waals surface area contributed by atoms with E-state index in [1.807, 2.05) is 31.2 Å². The summed E-state index contributed by atoms with van der Waals surface area (Å²) in [4.78, 5) is 44.8. The second-order valence-electron chi connectivity index (χ2n) is 9.36. The Labute approximate surface area is 237 Å². The van der Waals surface area contributed by atoms with E-state index in [4.69, 9.17) is 21.1 Å². The fraction of sp³-hybridized carbons (Fsp3) is 0.207. The van der Waals surface area contributed by atoms with E-state index in [0.717, 1.165) is 22.5 Å². The Morgan fingerprint density at radius 1 is 1.00 bits per heavy atom. The Morgan fingerprint density at radius 2 is 1.77 bits per heavy atom. The highest BCUT2D eigenvalue weighted by atomic mass is 35.5. The van der Waals surface area contributed by atoms with Gasteiger partial charge in [-0.2, -0.15) is 0 Å². The Kier molecular flexibility index (Phi) is 6.74. The van der Waals surface area contributed by atoms with E-state index >= 15 is 0 Å². The second kappa shape index (κ2) is 10.2. The van der Waals surface area contributed by atoms with Gasteiger partial charge in [-0.25, -0.2) is 4.90 Å². The number of hydrogen-bond acceptors (Lipinski definition) is 7. The van der Waals surface area contributed by atoms with Crippen LogP contribution in [-0.4, -0.2) is 29.2 Å². The number of thioether (sulfide) groups is 1. The number of fused-ring (bicyclic) bond motifs is 2. The number of benzene rings is 3. The molecule has 3 aromatic carbocycles. The largest absolute Gasteiger partial charge is 0.497 e. The number of aryl methyl sites for hydroxylation is 1. The van der Waals surface area contributed by atoms with E-state index in [1.165, 1.54) is 16.7 Å². The van der Waals surface area contributed by atoms with E-state index in [0.29, 0.717) is 44.3 Å². The van der Waals surface area contributed by atoms with Crippen molar-refractivity contribution < 1.29 is 19.1 Å². The zero-order chi connectivity index (χ0) is 27.3. The van der Waals surface area contributed by atoms with Gasteiger partial charge >= 0.3 is 4.87 Å². The molecular formula is C29H23ClN2O5S2. The highest BCUT2D eigenvalue weighted by molar-refractivity contribution is 8.00. The van der Waals surface area contributed by atoms with Gasteiger partial charge in [-0.15, -0.1) is 0 Å². The van der Waals surface area contributed by atoms with Crippen molar-refractivity contribution in [1.82, 2.24) is 4.98 Å². The average Bonchev–Trinajstić information content (AvgIpc) is 3.43. The van der Waals surface area contributed by atoms with Crippen molar-refractivity contribution in [2.75, 3.05) is 12.0 Å². The van der Waals surface area contributed by atoms with E-state index in [1.54, 1.807) is 49.6 Å². The first-order valence-corrected chi connectivity index (χ1v) is 14.3. The maximum absolute atomic E-state index is 14.0. The molecule has 198 valence electrons. The minimum atomic E-state index is -0.747. The third kappa shape index (κ3) is 4.54. The zero-order valence-electron chi connectivity index (χ0n) is 21.0. The minimum absolute atomic E-state index is 0.242. The SMILES string of the molecule is COc1ccc(N2C(=O)C3Sc4[nH]c(=O)sc4C(c4cc(Cl)ccc4OCc4ccccc4C)C3C2=O)cc1. The van der Waals surface area contributed by atoms with Crippen molar-refractivity contribution in [3.8, 4) is 11.5 Å². The number of H-pyrrole nitrogens is 1. The predicted octanol–water partition coefficient (Wildman–Crippen LogP) is 5.78. The van der Waals surface area contributed by atoms with Gasteiger partial charge in [0.2, 0.25) is 11.8 Å². The summed E-state index contributed by atoms with van der Waals surface area (Å²) in [5.74, 6) is -0.829. The summed E-state index contributed by atoms with van der Waals surface area (Å²) in [6, 6.07) is 20.0. The lowest BCUT2D eigenvalue weighted by Gasteiger charge is -2.31. The summed E-state index contributed by atoms with van der Waals surface area (Å²) in [6.45, 7) is 2.34. The van der Waals surface area contributed by atoms with Crippen LogP contribution in [0.25, 0.3) is 0 Å². The highest BCUT2D eigenvalue weighted by Gasteiger charge is 2.56. The van der Waals surface area contributed by atoms with Gasteiger partial charge in [0, 0.05) is 21.4 Å². The first-order chi connectivity index (χ1) is 18.9. The number of imide groups is 1. The minimum Gasteiger partial charge on any atom is -0.497 e. The number of hydrogen-bond donors (Lipinski definition) is 1. The lowest BCUT2D eigenvalue weighted by atomic mass is 9.82. The molecule has 0 saturated carbocycles. The quantitative estimate of drug-likeness (QED) is 0.292. The predicted molar refractivity (Wildman–Crippen MR) is 152 cm³/mol. The summed E-state index contributed by atoms with van der Waals surface area (Å²) in [7, 11) is 1.56. The molecule has 0 aliphatic carbocycles. The molecule has 10 heteroatoms. The molecule has 3 unspecified atom stereocenters. The second-order valence-corrected chi connectivity index (χ2v) is 12.0. The van der Waals surface area contributed by atoms with Gasteiger partial charge in [0.25, 0.3) is 0 Å². The number of methoxy groups -OCH3 is 1. The third-order valence-corrected chi connectivity index (χ3v) is 9.74. The van der Waals surface area contributed by atoms with E-state index in [-0.39, 0.29) is 16.7 Å². The van der Waals surface area contributed by atoms with E-state index < -0.39 is 17.1 Å². The lowest BCUT2D eigenvalue weighted by Crippen LogP contribution is -2.32. The molecule has 1 N–H and O–H groups in total. The van der Waals surface area contributed by atoms with Crippen molar-refractivity contribution >= 4 is 52.2 Å². The molecular weight excluding hydrogens is 556 g/mol. The standard InChI is InChI=1S/C29H23ClN2O5S2/c1-15-5-3-4-6-16(15)14-37-21-12-7-17(30)13-20(21)22-23-25(38-26-24(22)39-29(35)31-26)28(34)32(27(23)33)18-8-10-19(36-2)11-9-18/h3-13,22-23,25H,14H2,1-2H3,(H,31,35). The number of rotatable bonds is 6. The maximum atomic E-state index is 14.0. The number of nitrogens with zero attached hydrogens (tertiary/aromatic N) is 1. The van der Waals surface area contributed by atoms with Crippen molar-refractivity contribution in [2.24, 2.45) is 5.92 Å². The number of amides is 2. The summed E-state index contributed by atoms with van der Waals surface area (Å²) >= 11 is 8.75. The van der Waals surface area contributed by atoms with Gasteiger partial charge in [0.05, 0.1) is 23.7 Å². The molecule has 3 atom stereocenters. The summed E-state index contributed by atoms with van der Waals surface area (Å²) in [5.41, 5.74) is 3.26. The molecule has 3 heterocycles. The molecule has 1 aromatic heterocycles. The van der Waals surface area contributed by atoms with Crippen LogP contribution in [0.2, 0.25) is 5.02 Å². The van der Waals surface area contributed by atoms with Crippen LogP contribution < -0.4 is 19.2 Å². The molecule has 39 heavy (non-hydrogen) atoms. The molecule has 1 saturated heterocycles. The van der Waals surface area contributed by atoms with Gasteiger partial charge in [0.1, 0.15) is 23.4 Å². The molecule has 2 aliphatic heterocycles. The normalized spacial score (nSPS) is 20.1. The van der Waals surface area contributed by atoms with Crippen LogP contribution in [0.4, 0.5) is 5.69 Å². The lowest BCUT2D eigenvalue weighted by molar-refractivity contribution is -0.122. The number of nitrogens with one attached hydrogen (secondary N) is 1. The molecule has 0 bridgehead atoms. The van der Waals surface area contributed by atoms with Gasteiger partial charge in [-0.3, -0.25) is 14.4 Å². The molecule has 7 nitrogen and oxygen atoms in total. The number of aromatic nitrogens is 1. The van der Waals surface area contributed by atoms with Crippen LogP contribution in [0.3, 0.4) is 0 Å². The van der Waals surface area contributed by atoms with Crippen LogP contribution in [0, 0.1) is 12.8 Å². The van der Waals surface area contributed by atoms with Crippen LogP contribution in [0.1, 0.15) is 27.5 Å². The smallest absolute Gasteiger partial charge is 0.305 e. The monoisotopic (exact) mass is 578 g/mol. The summed E-state index contributed by atoms with van der Waals surface area (Å²) < 4.78 is 11.5. The molecule has 1 fully saturated rings. The third-order valence-electron chi connectivity index (χ3n) is 7.11. The summed E-state index contributed by atoms with van der Waals surface area (Å²) in [6.07, 6.45) is 0. The van der Waals surface area contributed by atoms with Crippen molar-refractivity contribution in [2.45, 2.75) is 29.7 Å². The fourth-order valence-electron chi connectivity index (χ4n) is 5.16. The molecule has 4 aromatic rings. The van der Waals surface area contributed by atoms with Crippen LogP contribution in [0.15, 0.2) is 76.6 Å².